The summed E-state index contributed by atoms with van der Waals surface area (Å²) in [5.74, 6) is 0.405. The second-order valence-electron chi connectivity index (χ2n) is 5.97. The Hall–Kier alpha value is -3.15. The van der Waals surface area contributed by atoms with Gasteiger partial charge in [0, 0.05) is 23.9 Å². The number of halogens is 1. The maximum atomic E-state index is 13.2. The van der Waals surface area contributed by atoms with E-state index in [4.69, 9.17) is 0 Å². The molecule has 0 aliphatic heterocycles. The molecule has 6 heteroatoms. The van der Waals surface area contributed by atoms with E-state index in [0.29, 0.717) is 17.6 Å². The molecule has 126 valence electrons. The Morgan fingerprint density at radius 3 is 2.84 bits per heavy atom. The summed E-state index contributed by atoms with van der Waals surface area (Å²) < 4.78 is 13.2. The first kappa shape index (κ1) is 15.4. The van der Waals surface area contributed by atoms with Crippen molar-refractivity contribution in [2.75, 3.05) is 6.54 Å². The minimum Gasteiger partial charge on any atom is -0.351 e. The first-order valence-electron chi connectivity index (χ1n) is 8.19. The van der Waals surface area contributed by atoms with Crippen molar-refractivity contribution in [1.29, 1.82) is 0 Å². The molecule has 0 aliphatic rings. The van der Waals surface area contributed by atoms with Crippen LogP contribution in [0.3, 0.4) is 0 Å². The fourth-order valence-electron chi connectivity index (χ4n) is 2.90. The highest BCUT2D eigenvalue weighted by Crippen LogP contribution is 2.16. The average molecular weight is 336 g/mol. The lowest BCUT2D eigenvalue weighted by atomic mass is 10.2. The van der Waals surface area contributed by atoms with E-state index < -0.39 is 0 Å². The van der Waals surface area contributed by atoms with Gasteiger partial charge in [-0.25, -0.2) is 9.37 Å². The van der Waals surface area contributed by atoms with E-state index in [1.807, 2.05) is 24.3 Å². The largest absolute Gasteiger partial charge is 0.351 e. The Morgan fingerprint density at radius 1 is 1.08 bits per heavy atom. The number of aromatic amines is 2. The lowest BCUT2D eigenvalue weighted by molar-refractivity contribution is 0.0949. The molecule has 3 N–H and O–H groups in total. The number of hydrogen-bond acceptors (Lipinski definition) is 2. The van der Waals surface area contributed by atoms with Crippen LogP contribution in [0.4, 0.5) is 4.39 Å². The van der Waals surface area contributed by atoms with Crippen LogP contribution in [0.5, 0.6) is 0 Å². The maximum Gasteiger partial charge on any atom is 0.267 e. The highest BCUT2D eigenvalue weighted by Gasteiger charge is 2.09. The molecule has 0 unspecified atom stereocenters. The zero-order chi connectivity index (χ0) is 17.2. The molecule has 1 amide bonds. The zero-order valence-corrected chi connectivity index (χ0v) is 13.5. The number of fused-ring (bicyclic) bond motifs is 2. The van der Waals surface area contributed by atoms with Gasteiger partial charge in [-0.1, -0.05) is 12.1 Å². The number of rotatable bonds is 5. The van der Waals surface area contributed by atoms with Crippen molar-refractivity contribution >= 4 is 27.8 Å². The van der Waals surface area contributed by atoms with Gasteiger partial charge in [-0.05, 0) is 42.8 Å². The van der Waals surface area contributed by atoms with E-state index in [-0.39, 0.29) is 11.7 Å². The number of hydrogen-bond donors (Lipinski definition) is 3. The van der Waals surface area contributed by atoms with Gasteiger partial charge in [0.15, 0.2) is 0 Å². The van der Waals surface area contributed by atoms with Gasteiger partial charge < -0.3 is 15.3 Å². The zero-order valence-electron chi connectivity index (χ0n) is 13.5. The summed E-state index contributed by atoms with van der Waals surface area (Å²) in [4.78, 5) is 23.0. The normalized spacial score (nSPS) is 11.2. The Labute approximate surface area is 143 Å². The van der Waals surface area contributed by atoms with E-state index in [1.54, 1.807) is 12.1 Å². The summed E-state index contributed by atoms with van der Waals surface area (Å²) in [5, 5.41) is 3.56. The lowest BCUT2D eigenvalue weighted by Crippen LogP contribution is -2.25. The summed E-state index contributed by atoms with van der Waals surface area (Å²) >= 11 is 0. The molecule has 2 aromatic carbocycles. The molecule has 0 saturated carbocycles. The molecule has 0 atom stereocenters. The Morgan fingerprint density at radius 2 is 1.96 bits per heavy atom. The number of carbonyl (C=O) groups excluding carboxylic acids is 1. The van der Waals surface area contributed by atoms with Gasteiger partial charge in [0.1, 0.15) is 17.3 Å². The second kappa shape index (κ2) is 6.39. The Balaban J connectivity index is 1.33. The highest BCUT2D eigenvalue weighted by atomic mass is 19.1. The van der Waals surface area contributed by atoms with Crippen LogP contribution >= 0.6 is 0 Å². The first-order chi connectivity index (χ1) is 12.2. The minimum atomic E-state index is -0.315. The van der Waals surface area contributed by atoms with E-state index in [9.17, 15) is 9.18 Å². The number of H-pyrrole nitrogens is 2. The van der Waals surface area contributed by atoms with E-state index in [0.717, 1.165) is 35.2 Å². The fourth-order valence-corrected chi connectivity index (χ4v) is 2.90. The number of aromatic nitrogens is 3. The van der Waals surface area contributed by atoms with Crippen LogP contribution in [0.15, 0.2) is 48.5 Å². The predicted molar refractivity (Wildman–Crippen MR) is 95.0 cm³/mol. The van der Waals surface area contributed by atoms with Gasteiger partial charge >= 0.3 is 0 Å². The van der Waals surface area contributed by atoms with Crippen molar-refractivity contribution in [3.05, 3.63) is 65.9 Å². The summed E-state index contributed by atoms with van der Waals surface area (Å²) in [7, 11) is 0. The summed E-state index contributed by atoms with van der Waals surface area (Å²) in [6.45, 7) is 0.541. The number of nitrogens with one attached hydrogen (secondary N) is 3. The average Bonchev–Trinajstić information content (AvgIpc) is 3.21. The van der Waals surface area contributed by atoms with Crippen LogP contribution in [0.2, 0.25) is 0 Å². The third-order valence-electron chi connectivity index (χ3n) is 4.14. The molecular weight excluding hydrogens is 319 g/mol. The van der Waals surface area contributed by atoms with E-state index >= 15 is 0 Å². The molecular formula is C19H17FN4O. The molecule has 0 radical (unpaired) electrons. The monoisotopic (exact) mass is 336 g/mol. The Bertz CT molecular complexity index is 1020. The molecule has 25 heavy (non-hydrogen) atoms. The van der Waals surface area contributed by atoms with Crippen molar-refractivity contribution in [1.82, 2.24) is 20.3 Å². The molecule has 0 fully saturated rings. The minimum absolute atomic E-state index is 0.193. The highest BCUT2D eigenvalue weighted by molar-refractivity contribution is 5.97. The fraction of sp³-hybridized carbons (Fsp3) is 0.158. The van der Waals surface area contributed by atoms with Gasteiger partial charge in [-0.15, -0.1) is 0 Å². The molecule has 0 bridgehead atoms. The number of imidazole rings is 1. The van der Waals surface area contributed by atoms with Gasteiger partial charge in [0.05, 0.1) is 11.0 Å². The number of benzene rings is 2. The lowest BCUT2D eigenvalue weighted by Gasteiger charge is -2.02. The Kier molecular flexibility index (Phi) is 3.93. The quantitative estimate of drug-likeness (QED) is 0.488. The van der Waals surface area contributed by atoms with Crippen LogP contribution in [-0.4, -0.2) is 27.4 Å². The van der Waals surface area contributed by atoms with Crippen molar-refractivity contribution in [3.63, 3.8) is 0 Å². The predicted octanol–water partition coefficient (Wildman–Crippen LogP) is 3.55. The summed E-state index contributed by atoms with van der Waals surface area (Å²) in [6.07, 6.45) is 1.54. The van der Waals surface area contributed by atoms with Gasteiger partial charge in [-0.3, -0.25) is 4.79 Å². The summed E-state index contributed by atoms with van der Waals surface area (Å²) in [6, 6.07) is 14.0. The number of carbonyl (C=O) groups is 1. The van der Waals surface area contributed by atoms with Crippen LogP contribution in [0.1, 0.15) is 22.7 Å². The van der Waals surface area contributed by atoms with Crippen LogP contribution in [-0.2, 0) is 6.42 Å². The summed E-state index contributed by atoms with van der Waals surface area (Å²) in [5.41, 5.74) is 3.15. The van der Waals surface area contributed by atoms with Gasteiger partial charge in [-0.2, -0.15) is 0 Å². The van der Waals surface area contributed by atoms with E-state index in [2.05, 4.69) is 20.3 Å². The van der Waals surface area contributed by atoms with Crippen molar-refractivity contribution in [3.8, 4) is 0 Å². The molecule has 5 nitrogen and oxygen atoms in total. The molecule has 4 aromatic rings. The van der Waals surface area contributed by atoms with Crippen molar-refractivity contribution in [2.24, 2.45) is 0 Å². The molecule has 4 rings (SSSR count). The maximum absolute atomic E-state index is 13.2. The topological polar surface area (TPSA) is 73.6 Å². The number of nitrogens with zero attached hydrogens (tertiary/aromatic N) is 1. The van der Waals surface area contributed by atoms with Crippen LogP contribution in [0, 0.1) is 5.82 Å². The molecule has 2 heterocycles. The van der Waals surface area contributed by atoms with Gasteiger partial charge in [0.25, 0.3) is 5.91 Å². The standard InChI is InChI=1S/C19H17FN4O/c20-13-7-8-14-12(10-13)11-17(22-14)19(25)21-9-3-6-18-23-15-4-1-2-5-16(15)24-18/h1-2,4-5,7-8,10-11,22H,3,6,9H2,(H,21,25)(H,23,24). The van der Waals surface area contributed by atoms with Crippen LogP contribution in [0.25, 0.3) is 21.9 Å². The molecule has 0 spiro atoms. The van der Waals surface area contributed by atoms with E-state index in [1.165, 1.54) is 12.1 Å². The number of para-hydroxylation sites is 2. The molecule has 0 saturated heterocycles. The first-order valence-corrected chi connectivity index (χ1v) is 8.19. The number of aryl methyl sites for hydroxylation is 1. The third kappa shape index (κ3) is 3.24. The smallest absolute Gasteiger partial charge is 0.267 e. The number of amides is 1. The van der Waals surface area contributed by atoms with Gasteiger partial charge in [0.2, 0.25) is 0 Å². The van der Waals surface area contributed by atoms with Crippen molar-refractivity contribution < 1.29 is 9.18 Å². The third-order valence-corrected chi connectivity index (χ3v) is 4.14. The SMILES string of the molecule is O=C(NCCCc1nc2ccccc2[nH]1)c1cc2cc(F)ccc2[nH]1. The molecule has 2 aromatic heterocycles. The van der Waals surface area contributed by atoms with Crippen LogP contribution < -0.4 is 5.32 Å². The molecule has 0 aliphatic carbocycles. The second-order valence-corrected chi connectivity index (χ2v) is 5.97. The van der Waals surface area contributed by atoms with Crippen molar-refractivity contribution in [2.45, 2.75) is 12.8 Å².